The van der Waals surface area contributed by atoms with E-state index in [-0.39, 0.29) is 5.91 Å². The van der Waals surface area contributed by atoms with Crippen LogP contribution in [-0.4, -0.2) is 26.3 Å². The average Bonchev–Trinajstić information content (AvgIpc) is 2.87. The Balaban J connectivity index is 1.35. The van der Waals surface area contributed by atoms with Gasteiger partial charge in [0.2, 0.25) is 0 Å². The van der Waals surface area contributed by atoms with Gasteiger partial charge in [-0.05, 0) is 58.3 Å². The zero-order valence-corrected chi connectivity index (χ0v) is 18.4. The fourth-order valence-electron chi connectivity index (χ4n) is 3.44. The molecule has 0 aromatic heterocycles. The molecule has 1 N–H and O–H groups in total. The molecule has 0 fully saturated rings. The van der Waals surface area contributed by atoms with Crippen LogP contribution in [-0.2, 0) is 6.61 Å². The average molecular weight is 440 g/mol. The van der Waals surface area contributed by atoms with Crippen LogP contribution in [0.25, 0.3) is 10.8 Å². The lowest BCUT2D eigenvalue weighted by Gasteiger charge is -2.09. The number of rotatable bonds is 8. The van der Waals surface area contributed by atoms with Crippen LogP contribution in [0.4, 0.5) is 0 Å². The van der Waals surface area contributed by atoms with Crippen LogP contribution < -0.4 is 19.6 Å². The minimum Gasteiger partial charge on any atom is -0.497 e. The highest BCUT2D eigenvalue weighted by Gasteiger charge is 2.12. The van der Waals surface area contributed by atoms with Crippen molar-refractivity contribution in [1.29, 1.82) is 0 Å². The number of methoxy groups -OCH3 is 2. The molecule has 0 atom stereocenters. The Labute approximate surface area is 192 Å². The van der Waals surface area contributed by atoms with Gasteiger partial charge in [0.1, 0.15) is 23.9 Å². The van der Waals surface area contributed by atoms with Crippen molar-refractivity contribution in [2.24, 2.45) is 5.10 Å². The first-order valence-electron chi connectivity index (χ1n) is 10.4. The summed E-state index contributed by atoms with van der Waals surface area (Å²) in [7, 11) is 3.05. The third-order valence-corrected chi connectivity index (χ3v) is 5.19. The minimum atomic E-state index is -0.374. The van der Waals surface area contributed by atoms with Gasteiger partial charge in [-0.3, -0.25) is 4.79 Å². The summed E-state index contributed by atoms with van der Waals surface area (Å²) in [5.41, 5.74) is 4.85. The molecule has 0 aliphatic carbocycles. The lowest BCUT2D eigenvalue weighted by molar-refractivity contribution is 0.0952. The SMILES string of the molecule is COc1ccc(C(=O)NN=Cc2ccc(OCc3cccc4ccccc34)cc2)c(OC)c1. The van der Waals surface area contributed by atoms with Crippen molar-refractivity contribution in [3.8, 4) is 17.2 Å². The Morgan fingerprint density at radius 3 is 2.42 bits per heavy atom. The number of hydrazone groups is 1. The van der Waals surface area contributed by atoms with Gasteiger partial charge in [-0.15, -0.1) is 0 Å². The van der Waals surface area contributed by atoms with E-state index in [0.29, 0.717) is 23.7 Å². The van der Waals surface area contributed by atoms with Crippen molar-refractivity contribution < 1.29 is 19.0 Å². The number of hydrogen-bond acceptors (Lipinski definition) is 5. The fraction of sp³-hybridized carbons (Fsp3) is 0.111. The Morgan fingerprint density at radius 1 is 0.879 bits per heavy atom. The molecule has 0 aliphatic rings. The topological polar surface area (TPSA) is 69.2 Å². The van der Waals surface area contributed by atoms with Gasteiger partial charge in [0.15, 0.2) is 0 Å². The highest BCUT2D eigenvalue weighted by atomic mass is 16.5. The van der Waals surface area contributed by atoms with Gasteiger partial charge in [-0.1, -0.05) is 42.5 Å². The van der Waals surface area contributed by atoms with Gasteiger partial charge < -0.3 is 14.2 Å². The van der Waals surface area contributed by atoms with E-state index in [1.807, 2.05) is 42.5 Å². The van der Waals surface area contributed by atoms with Gasteiger partial charge >= 0.3 is 0 Å². The molecule has 4 rings (SSSR count). The summed E-state index contributed by atoms with van der Waals surface area (Å²) in [4.78, 5) is 12.4. The van der Waals surface area contributed by atoms with E-state index in [1.54, 1.807) is 31.5 Å². The van der Waals surface area contributed by atoms with Gasteiger partial charge in [0, 0.05) is 6.07 Å². The van der Waals surface area contributed by atoms with Crippen molar-refractivity contribution in [2.75, 3.05) is 14.2 Å². The van der Waals surface area contributed by atoms with Gasteiger partial charge in [-0.25, -0.2) is 5.43 Å². The Hall–Kier alpha value is -4.32. The number of carbonyl (C=O) groups is 1. The molecular formula is C27H24N2O4. The second-order valence-electron chi connectivity index (χ2n) is 7.26. The van der Waals surface area contributed by atoms with Crippen molar-refractivity contribution in [3.05, 3.63) is 102 Å². The van der Waals surface area contributed by atoms with Crippen LogP contribution in [0.1, 0.15) is 21.5 Å². The predicted octanol–water partition coefficient (Wildman–Crippen LogP) is 5.20. The first kappa shape index (κ1) is 21.9. The van der Waals surface area contributed by atoms with Gasteiger partial charge in [-0.2, -0.15) is 5.10 Å². The lowest BCUT2D eigenvalue weighted by atomic mass is 10.1. The molecule has 4 aromatic rings. The van der Waals surface area contributed by atoms with E-state index in [1.165, 1.54) is 17.9 Å². The molecule has 0 heterocycles. The third-order valence-electron chi connectivity index (χ3n) is 5.19. The summed E-state index contributed by atoms with van der Waals surface area (Å²) >= 11 is 0. The van der Waals surface area contributed by atoms with Crippen LogP contribution in [0.5, 0.6) is 17.2 Å². The normalized spacial score (nSPS) is 10.8. The summed E-state index contributed by atoms with van der Waals surface area (Å²) in [6.45, 7) is 0.481. The van der Waals surface area contributed by atoms with Crippen LogP contribution in [0, 0.1) is 0 Å². The molecule has 6 heteroatoms. The maximum atomic E-state index is 12.4. The van der Waals surface area contributed by atoms with E-state index in [2.05, 4.69) is 34.8 Å². The van der Waals surface area contributed by atoms with Crippen molar-refractivity contribution in [2.45, 2.75) is 6.61 Å². The van der Waals surface area contributed by atoms with Gasteiger partial charge in [0.05, 0.1) is 26.0 Å². The summed E-state index contributed by atoms with van der Waals surface area (Å²) < 4.78 is 16.4. The van der Waals surface area contributed by atoms with Crippen LogP contribution >= 0.6 is 0 Å². The molecule has 4 aromatic carbocycles. The largest absolute Gasteiger partial charge is 0.497 e. The smallest absolute Gasteiger partial charge is 0.275 e. The molecule has 33 heavy (non-hydrogen) atoms. The second-order valence-corrected chi connectivity index (χ2v) is 7.26. The van der Waals surface area contributed by atoms with E-state index < -0.39 is 0 Å². The van der Waals surface area contributed by atoms with Crippen molar-refractivity contribution >= 4 is 22.9 Å². The maximum Gasteiger partial charge on any atom is 0.275 e. The summed E-state index contributed by atoms with van der Waals surface area (Å²) in [6, 6.07) is 26.9. The first-order chi connectivity index (χ1) is 16.2. The van der Waals surface area contributed by atoms with E-state index >= 15 is 0 Å². The highest BCUT2D eigenvalue weighted by molar-refractivity contribution is 5.97. The molecule has 166 valence electrons. The third kappa shape index (κ3) is 5.30. The molecular weight excluding hydrogens is 416 g/mol. The Morgan fingerprint density at radius 2 is 1.64 bits per heavy atom. The zero-order valence-electron chi connectivity index (χ0n) is 18.4. The Bertz CT molecular complexity index is 1280. The zero-order chi connectivity index (χ0) is 23.0. The number of carbonyl (C=O) groups excluding carboxylic acids is 1. The van der Waals surface area contributed by atoms with Crippen LogP contribution in [0.3, 0.4) is 0 Å². The number of hydrogen-bond donors (Lipinski definition) is 1. The van der Waals surface area contributed by atoms with Crippen molar-refractivity contribution in [3.63, 3.8) is 0 Å². The lowest BCUT2D eigenvalue weighted by Crippen LogP contribution is -2.18. The molecule has 0 radical (unpaired) electrons. The molecule has 0 saturated carbocycles. The number of nitrogens with zero attached hydrogens (tertiary/aromatic N) is 1. The Kier molecular flexibility index (Phi) is 6.85. The first-order valence-corrected chi connectivity index (χ1v) is 10.4. The van der Waals surface area contributed by atoms with Gasteiger partial charge in [0.25, 0.3) is 5.91 Å². The van der Waals surface area contributed by atoms with E-state index in [4.69, 9.17) is 14.2 Å². The molecule has 0 saturated heterocycles. The fourth-order valence-corrected chi connectivity index (χ4v) is 3.44. The number of nitrogens with one attached hydrogen (secondary N) is 1. The molecule has 0 unspecified atom stereocenters. The molecule has 0 aliphatic heterocycles. The van der Waals surface area contributed by atoms with Crippen molar-refractivity contribution in [1.82, 2.24) is 5.43 Å². The highest BCUT2D eigenvalue weighted by Crippen LogP contribution is 2.24. The number of ether oxygens (including phenoxy) is 3. The summed E-state index contributed by atoms with van der Waals surface area (Å²) in [5, 5.41) is 6.42. The molecule has 6 nitrogen and oxygen atoms in total. The quantitative estimate of drug-likeness (QED) is 0.302. The summed E-state index contributed by atoms with van der Waals surface area (Å²) in [5.74, 6) is 1.40. The maximum absolute atomic E-state index is 12.4. The number of benzene rings is 4. The predicted molar refractivity (Wildman–Crippen MR) is 129 cm³/mol. The summed E-state index contributed by atoms with van der Waals surface area (Å²) in [6.07, 6.45) is 1.57. The van der Waals surface area contributed by atoms with E-state index in [9.17, 15) is 4.79 Å². The monoisotopic (exact) mass is 440 g/mol. The molecule has 1 amide bonds. The van der Waals surface area contributed by atoms with E-state index in [0.717, 1.165) is 16.9 Å². The van der Waals surface area contributed by atoms with Crippen LogP contribution in [0.15, 0.2) is 90.0 Å². The van der Waals surface area contributed by atoms with Crippen LogP contribution in [0.2, 0.25) is 0 Å². The number of fused-ring (bicyclic) bond motifs is 1. The second kappa shape index (κ2) is 10.3. The number of amides is 1. The molecule has 0 spiro atoms. The molecule has 0 bridgehead atoms. The minimum absolute atomic E-state index is 0.368. The standard InChI is InChI=1S/C27H24N2O4/c1-31-23-14-15-25(26(16-23)32-2)27(30)29-28-17-19-10-12-22(13-11-19)33-18-21-8-5-7-20-6-3-4-9-24(20)21/h3-17H,18H2,1-2H3,(H,29,30).